The number of nitrogens with two attached hydrogens (primary N) is 1. The molecule has 0 saturated heterocycles. The number of pyridine rings is 1. The van der Waals surface area contributed by atoms with E-state index >= 15 is 0 Å². The Bertz CT molecular complexity index is 1150. The van der Waals surface area contributed by atoms with Crippen molar-refractivity contribution in [1.82, 2.24) is 24.7 Å². The first-order chi connectivity index (χ1) is 13.0. The molecule has 3 aromatic heterocycles. The smallest absolute Gasteiger partial charge is 0.308 e. The van der Waals surface area contributed by atoms with E-state index in [4.69, 9.17) is 5.73 Å². The first kappa shape index (κ1) is 16.8. The van der Waals surface area contributed by atoms with E-state index in [1.165, 1.54) is 12.4 Å². The van der Waals surface area contributed by atoms with Gasteiger partial charge in [-0.3, -0.25) is 9.48 Å². The predicted molar refractivity (Wildman–Crippen MR) is 97.3 cm³/mol. The molecule has 0 saturated carbocycles. The molecule has 8 heteroatoms. The van der Waals surface area contributed by atoms with Crippen LogP contribution < -0.4 is 5.73 Å². The second-order valence-electron chi connectivity index (χ2n) is 6.14. The summed E-state index contributed by atoms with van der Waals surface area (Å²) >= 11 is 0. The SMILES string of the molecule is Cn1cc(-c2cc(C(N)=O)nc3ccccc23)c(Cc2cnc(F)nc2)n1. The monoisotopic (exact) mass is 362 g/mol. The van der Waals surface area contributed by atoms with Crippen LogP contribution in [0.2, 0.25) is 0 Å². The summed E-state index contributed by atoms with van der Waals surface area (Å²) in [6, 6.07) is 9.19. The first-order valence-corrected chi connectivity index (χ1v) is 8.20. The molecule has 0 aliphatic carbocycles. The lowest BCUT2D eigenvalue weighted by molar-refractivity contribution is 0.0996. The van der Waals surface area contributed by atoms with Gasteiger partial charge in [0.1, 0.15) is 5.69 Å². The zero-order chi connectivity index (χ0) is 19.0. The number of rotatable bonds is 4. The third-order valence-electron chi connectivity index (χ3n) is 4.21. The van der Waals surface area contributed by atoms with Crippen LogP contribution in [-0.4, -0.2) is 30.6 Å². The van der Waals surface area contributed by atoms with Crippen molar-refractivity contribution in [2.75, 3.05) is 0 Å². The second kappa shape index (κ2) is 6.56. The van der Waals surface area contributed by atoms with E-state index in [-0.39, 0.29) is 5.69 Å². The summed E-state index contributed by atoms with van der Waals surface area (Å²) in [7, 11) is 1.81. The molecule has 2 N–H and O–H groups in total. The first-order valence-electron chi connectivity index (χ1n) is 8.20. The van der Waals surface area contributed by atoms with Crippen molar-refractivity contribution in [2.24, 2.45) is 12.8 Å². The number of para-hydroxylation sites is 1. The lowest BCUT2D eigenvalue weighted by Gasteiger charge is -2.09. The fourth-order valence-electron chi connectivity index (χ4n) is 3.04. The molecule has 4 rings (SSSR count). The van der Waals surface area contributed by atoms with Gasteiger partial charge >= 0.3 is 6.08 Å². The number of aromatic nitrogens is 5. The number of nitrogens with zero attached hydrogens (tertiary/aromatic N) is 5. The normalized spacial score (nSPS) is 11.0. The van der Waals surface area contributed by atoms with Crippen LogP contribution in [0.4, 0.5) is 4.39 Å². The Morgan fingerprint density at radius 2 is 1.93 bits per heavy atom. The molecule has 0 fully saturated rings. The van der Waals surface area contributed by atoms with E-state index < -0.39 is 12.0 Å². The van der Waals surface area contributed by atoms with E-state index in [1.54, 1.807) is 10.7 Å². The van der Waals surface area contributed by atoms with Crippen molar-refractivity contribution < 1.29 is 9.18 Å². The molecular formula is C19H15FN6O. The van der Waals surface area contributed by atoms with Gasteiger partial charge in [-0.05, 0) is 23.3 Å². The largest absolute Gasteiger partial charge is 0.364 e. The number of fused-ring (bicyclic) bond motifs is 1. The number of carbonyl (C=O) groups is 1. The van der Waals surface area contributed by atoms with Crippen LogP contribution >= 0.6 is 0 Å². The number of primary amides is 1. The van der Waals surface area contributed by atoms with E-state index in [0.717, 1.165) is 27.8 Å². The van der Waals surface area contributed by atoms with E-state index in [2.05, 4.69) is 20.1 Å². The van der Waals surface area contributed by atoms with Crippen LogP contribution in [0.15, 0.2) is 48.9 Å². The lowest BCUT2D eigenvalue weighted by atomic mass is 9.98. The van der Waals surface area contributed by atoms with Gasteiger partial charge in [0.05, 0.1) is 11.2 Å². The van der Waals surface area contributed by atoms with Crippen LogP contribution in [0.5, 0.6) is 0 Å². The van der Waals surface area contributed by atoms with Gasteiger partial charge < -0.3 is 5.73 Å². The highest BCUT2D eigenvalue weighted by Crippen LogP contribution is 2.31. The van der Waals surface area contributed by atoms with Crippen molar-refractivity contribution in [3.8, 4) is 11.1 Å². The Morgan fingerprint density at radius 1 is 1.19 bits per heavy atom. The molecule has 0 radical (unpaired) electrons. The van der Waals surface area contributed by atoms with Gasteiger partial charge in [0, 0.05) is 43.0 Å². The molecular weight excluding hydrogens is 347 g/mol. The summed E-state index contributed by atoms with van der Waals surface area (Å²) in [5.41, 5.74) is 9.43. The fraction of sp³-hybridized carbons (Fsp3) is 0.105. The molecule has 0 spiro atoms. The van der Waals surface area contributed by atoms with Crippen molar-refractivity contribution in [3.05, 3.63) is 72.0 Å². The van der Waals surface area contributed by atoms with Crippen LogP contribution in [0.1, 0.15) is 21.7 Å². The topological polar surface area (TPSA) is 99.6 Å². The third kappa shape index (κ3) is 3.24. The minimum Gasteiger partial charge on any atom is -0.364 e. The van der Waals surface area contributed by atoms with Crippen molar-refractivity contribution >= 4 is 16.8 Å². The Labute approximate surface area is 153 Å². The highest BCUT2D eigenvalue weighted by molar-refractivity contribution is 6.01. The maximum Gasteiger partial charge on any atom is 0.308 e. The quantitative estimate of drug-likeness (QED) is 0.561. The number of carbonyl (C=O) groups excluding carboxylic acids is 1. The van der Waals surface area contributed by atoms with Crippen LogP contribution in [-0.2, 0) is 13.5 Å². The van der Waals surface area contributed by atoms with Crippen molar-refractivity contribution in [2.45, 2.75) is 6.42 Å². The molecule has 0 unspecified atom stereocenters. The summed E-state index contributed by atoms with van der Waals surface area (Å²) in [4.78, 5) is 23.2. The molecule has 134 valence electrons. The molecule has 3 heterocycles. The molecule has 1 aromatic carbocycles. The fourth-order valence-corrected chi connectivity index (χ4v) is 3.04. The van der Waals surface area contributed by atoms with E-state index in [9.17, 15) is 9.18 Å². The Morgan fingerprint density at radius 3 is 2.67 bits per heavy atom. The van der Waals surface area contributed by atoms with Gasteiger partial charge in [0.2, 0.25) is 0 Å². The zero-order valence-corrected chi connectivity index (χ0v) is 14.4. The number of benzene rings is 1. The molecule has 1 amide bonds. The Hall–Kier alpha value is -3.68. The second-order valence-corrected chi connectivity index (χ2v) is 6.14. The number of hydrogen-bond donors (Lipinski definition) is 1. The summed E-state index contributed by atoms with van der Waals surface area (Å²) in [5, 5.41) is 5.40. The molecule has 0 atom stereocenters. The molecule has 0 bridgehead atoms. The lowest BCUT2D eigenvalue weighted by Crippen LogP contribution is -2.13. The maximum atomic E-state index is 13.0. The van der Waals surface area contributed by atoms with Gasteiger partial charge in [0.15, 0.2) is 0 Å². The van der Waals surface area contributed by atoms with E-state index in [1.807, 2.05) is 37.5 Å². The van der Waals surface area contributed by atoms with Gasteiger partial charge in [0.25, 0.3) is 5.91 Å². The van der Waals surface area contributed by atoms with Gasteiger partial charge in [-0.25, -0.2) is 15.0 Å². The summed E-state index contributed by atoms with van der Waals surface area (Å²) in [6.07, 6.45) is 4.37. The molecule has 7 nitrogen and oxygen atoms in total. The predicted octanol–water partition coefficient (Wildman–Crippen LogP) is 2.25. The highest BCUT2D eigenvalue weighted by Gasteiger charge is 2.17. The summed E-state index contributed by atoms with van der Waals surface area (Å²) < 4.78 is 14.7. The molecule has 0 aliphatic heterocycles. The molecule has 0 aliphatic rings. The van der Waals surface area contributed by atoms with Crippen molar-refractivity contribution in [3.63, 3.8) is 0 Å². The zero-order valence-electron chi connectivity index (χ0n) is 14.4. The van der Waals surface area contributed by atoms with E-state index in [0.29, 0.717) is 11.9 Å². The average molecular weight is 362 g/mol. The van der Waals surface area contributed by atoms with Gasteiger partial charge in [-0.1, -0.05) is 18.2 Å². The van der Waals surface area contributed by atoms with Gasteiger partial charge in [-0.2, -0.15) is 9.49 Å². The number of amides is 1. The van der Waals surface area contributed by atoms with Crippen LogP contribution in [0, 0.1) is 6.08 Å². The van der Waals surface area contributed by atoms with Crippen molar-refractivity contribution in [1.29, 1.82) is 0 Å². The summed E-state index contributed by atoms with van der Waals surface area (Å²) in [6.45, 7) is 0. The molecule has 4 aromatic rings. The minimum atomic E-state index is -0.772. The molecule has 27 heavy (non-hydrogen) atoms. The number of aryl methyl sites for hydroxylation is 1. The van der Waals surface area contributed by atoms with Gasteiger partial charge in [-0.15, -0.1) is 0 Å². The highest BCUT2D eigenvalue weighted by atomic mass is 19.1. The maximum absolute atomic E-state index is 13.0. The third-order valence-corrected chi connectivity index (χ3v) is 4.21. The van der Waals surface area contributed by atoms with Crippen LogP contribution in [0.3, 0.4) is 0 Å². The minimum absolute atomic E-state index is 0.184. The standard InChI is InChI=1S/C19H15FN6O/c1-26-10-14(16(25-26)6-11-8-22-19(20)23-9-11)13-7-17(18(21)27)24-15-5-3-2-4-12(13)15/h2-5,7-10H,6H2,1H3,(H2,21,27). The average Bonchev–Trinajstić information content (AvgIpc) is 3.02. The number of hydrogen-bond acceptors (Lipinski definition) is 5. The number of halogens is 1. The summed E-state index contributed by atoms with van der Waals surface area (Å²) in [5.74, 6) is -0.598. The van der Waals surface area contributed by atoms with Crippen LogP contribution in [0.25, 0.3) is 22.0 Å². The Balaban J connectivity index is 1.89. The Kier molecular flexibility index (Phi) is 4.08.